The monoisotopic (exact) mass is 235 g/mol. The lowest BCUT2D eigenvalue weighted by Crippen LogP contribution is -2.34. The zero-order chi connectivity index (χ0) is 12.7. The molecule has 1 aromatic carbocycles. The molecular weight excluding hydrogens is 218 g/mol. The average Bonchev–Trinajstić information content (AvgIpc) is 2.24. The molecule has 2 amide bonds. The van der Waals surface area contributed by atoms with Gasteiger partial charge in [0.15, 0.2) is 0 Å². The summed E-state index contributed by atoms with van der Waals surface area (Å²) >= 11 is 0. The van der Waals surface area contributed by atoms with E-state index >= 15 is 0 Å². The lowest BCUT2D eigenvalue weighted by Gasteiger charge is -2.06. The number of nitrogens with two attached hydrogens (primary N) is 1. The van der Waals surface area contributed by atoms with Crippen LogP contribution in [0.4, 0.5) is 5.69 Å². The third-order valence-corrected chi connectivity index (χ3v) is 2.14. The minimum atomic E-state index is -0.102. The Bertz CT molecular complexity index is 404. The largest absolute Gasteiger partial charge is 0.399 e. The summed E-state index contributed by atoms with van der Waals surface area (Å²) in [7, 11) is 0. The van der Waals surface area contributed by atoms with Gasteiger partial charge in [-0.2, -0.15) is 0 Å². The van der Waals surface area contributed by atoms with Gasteiger partial charge < -0.3 is 16.4 Å². The van der Waals surface area contributed by atoms with E-state index in [1.165, 1.54) is 6.92 Å². The van der Waals surface area contributed by atoms with Crippen molar-refractivity contribution >= 4 is 17.5 Å². The van der Waals surface area contributed by atoms with Gasteiger partial charge in [0.2, 0.25) is 11.8 Å². The predicted molar refractivity (Wildman–Crippen MR) is 66.3 cm³/mol. The molecule has 0 fully saturated rings. The first-order valence-electron chi connectivity index (χ1n) is 5.43. The van der Waals surface area contributed by atoms with Gasteiger partial charge >= 0.3 is 0 Å². The van der Waals surface area contributed by atoms with Crippen LogP contribution in [0.3, 0.4) is 0 Å². The van der Waals surface area contributed by atoms with Gasteiger partial charge in [0, 0.05) is 25.7 Å². The second kappa shape index (κ2) is 6.52. The summed E-state index contributed by atoms with van der Waals surface area (Å²) in [6.45, 7) is 2.31. The molecule has 0 spiro atoms. The second-order valence-electron chi connectivity index (χ2n) is 3.75. The van der Waals surface area contributed by atoms with Crippen molar-refractivity contribution < 1.29 is 9.59 Å². The van der Waals surface area contributed by atoms with Gasteiger partial charge in [-0.05, 0) is 17.7 Å². The summed E-state index contributed by atoms with van der Waals surface area (Å²) in [5.41, 5.74) is 7.13. The molecule has 0 radical (unpaired) electrons. The third-order valence-electron chi connectivity index (χ3n) is 2.14. The molecule has 5 nitrogen and oxygen atoms in total. The fourth-order valence-corrected chi connectivity index (χ4v) is 1.39. The van der Waals surface area contributed by atoms with Crippen LogP contribution in [0.1, 0.15) is 12.5 Å². The van der Waals surface area contributed by atoms with Crippen LogP contribution in [-0.4, -0.2) is 24.9 Å². The zero-order valence-corrected chi connectivity index (χ0v) is 9.82. The highest BCUT2D eigenvalue weighted by molar-refractivity contribution is 5.79. The van der Waals surface area contributed by atoms with Gasteiger partial charge in [-0.1, -0.05) is 12.1 Å². The average molecular weight is 235 g/mol. The highest BCUT2D eigenvalue weighted by atomic mass is 16.2. The van der Waals surface area contributed by atoms with Crippen LogP contribution in [0.15, 0.2) is 24.3 Å². The van der Waals surface area contributed by atoms with Crippen molar-refractivity contribution in [3.05, 3.63) is 29.8 Å². The Morgan fingerprint density at radius 2 is 1.94 bits per heavy atom. The normalized spacial score (nSPS) is 9.71. The van der Waals surface area contributed by atoms with Gasteiger partial charge in [0.25, 0.3) is 0 Å². The zero-order valence-electron chi connectivity index (χ0n) is 9.82. The van der Waals surface area contributed by atoms with E-state index in [1.807, 2.05) is 12.1 Å². The van der Waals surface area contributed by atoms with E-state index in [2.05, 4.69) is 10.6 Å². The number of nitrogen functional groups attached to an aromatic ring is 1. The van der Waals surface area contributed by atoms with E-state index in [9.17, 15) is 9.59 Å². The fraction of sp³-hybridized carbons (Fsp3) is 0.333. The number of nitrogens with one attached hydrogen (secondary N) is 2. The van der Waals surface area contributed by atoms with E-state index in [4.69, 9.17) is 5.73 Å². The highest BCUT2D eigenvalue weighted by Gasteiger charge is 2.02. The molecule has 0 aliphatic rings. The molecule has 0 saturated carbocycles. The van der Waals surface area contributed by atoms with Crippen LogP contribution < -0.4 is 16.4 Å². The summed E-state index contributed by atoms with van der Waals surface area (Å²) in [5, 5.41) is 5.31. The minimum absolute atomic E-state index is 0.0825. The van der Waals surface area contributed by atoms with Crippen LogP contribution in [0.5, 0.6) is 0 Å². The van der Waals surface area contributed by atoms with Crippen molar-refractivity contribution in [2.75, 3.05) is 18.8 Å². The number of hydrogen-bond acceptors (Lipinski definition) is 3. The molecule has 0 atom stereocenters. The molecule has 0 heterocycles. The maximum absolute atomic E-state index is 11.5. The summed E-state index contributed by atoms with van der Waals surface area (Å²) < 4.78 is 0. The Hall–Kier alpha value is -2.04. The molecule has 0 aliphatic carbocycles. The van der Waals surface area contributed by atoms with Crippen LogP contribution in [0, 0.1) is 0 Å². The van der Waals surface area contributed by atoms with Gasteiger partial charge in [-0.3, -0.25) is 9.59 Å². The van der Waals surface area contributed by atoms with Gasteiger partial charge in [0.05, 0.1) is 6.42 Å². The first-order valence-corrected chi connectivity index (χ1v) is 5.43. The first kappa shape index (κ1) is 13.0. The van der Waals surface area contributed by atoms with E-state index < -0.39 is 0 Å². The van der Waals surface area contributed by atoms with Crippen molar-refractivity contribution in [1.82, 2.24) is 10.6 Å². The Morgan fingerprint density at radius 3 is 2.59 bits per heavy atom. The Labute approximate surface area is 100 Å². The molecule has 4 N–H and O–H groups in total. The van der Waals surface area contributed by atoms with E-state index in [1.54, 1.807) is 12.1 Å². The lowest BCUT2D eigenvalue weighted by molar-refractivity contribution is -0.121. The molecule has 0 saturated heterocycles. The molecule has 0 unspecified atom stereocenters. The SMILES string of the molecule is CC(=O)NCCNC(=O)Cc1cccc(N)c1. The van der Waals surface area contributed by atoms with Crippen LogP contribution in [0.2, 0.25) is 0 Å². The van der Waals surface area contributed by atoms with Crippen LogP contribution >= 0.6 is 0 Å². The van der Waals surface area contributed by atoms with Crippen molar-refractivity contribution in [2.24, 2.45) is 0 Å². The van der Waals surface area contributed by atoms with Crippen LogP contribution in [0.25, 0.3) is 0 Å². The maximum Gasteiger partial charge on any atom is 0.224 e. The molecular formula is C12H17N3O2. The smallest absolute Gasteiger partial charge is 0.224 e. The standard InChI is InChI=1S/C12H17N3O2/c1-9(16)14-5-6-15-12(17)8-10-3-2-4-11(13)7-10/h2-4,7H,5-6,8,13H2,1H3,(H,14,16)(H,15,17). The minimum Gasteiger partial charge on any atom is -0.399 e. The fourth-order valence-electron chi connectivity index (χ4n) is 1.39. The molecule has 0 bridgehead atoms. The third kappa shape index (κ3) is 5.55. The lowest BCUT2D eigenvalue weighted by atomic mass is 10.1. The molecule has 1 rings (SSSR count). The molecule has 0 aliphatic heterocycles. The highest BCUT2D eigenvalue weighted by Crippen LogP contribution is 2.06. The summed E-state index contributed by atoms with van der Waals surface area (Å²) in [6, 6.07) is 7.21. The summed E-state index contributed by atoms with van der Waals surface area (Å²) in [4.78, 5) is 22.1. The first-order chi connectivity index (χ1) is 8.08. The number of carbonyl (C=O) groups excluding carboxylic acids is 2. The van der Waals surface area contributed by atoms with Crippen molar-refractivity contribution in [1.29, 1.82) is 0 Å². The van der Waals surface area contributed by atoms with Gasteiger partial charge in [-0.15, -0.1) is 0 Å². The van der Waals surface area contributed by atoms with Crippen molar-refractivity contribution in [2.45, 2.75) is 13.3 Å². The van der Waals surface area contributed by atoms with Gasteiger partial charge in [-0.25, -0.2) is 0 Å². The van der Waals surface area contributed by atoms with Crippen LogP contribution in [-0.2, 0) is 16.0 Å². The molecule has 5 heteroatoms. The van der Waals surface area contributed by atoms with E-state index in [0.717, 1.165) is 5.56 Å². The number of carbonyl (C=O) groups is 2. The Morgan fingerprint density at radius 1 is 1.24 bits per heavy atom. The molecule has 17 heavy (non-hydrogen) atoms. The number of hydrogen-bond donors (Lipinski definition) is 3. The second-order valence-corrected chi connectivity index (χ2v) is 3.75. The molecule has 92 valence electrons. The Balaban J connectivity index is 2.27. The summed E-state index contributed by atoms with van der Waals surface area (Å²) in [5.74, 6) is -0.184. The number of rotatable bonds is 5. The quantitative estimate of drug-likeness (QED) is 0.498. The van der Waals surface area contributed by atoms with Crippen molar-refractivity contribution in [3.8, 4) is 0 Å². The number of anilines is 1. The number of amides is 2. The number of benzene rings is 1. The molecule has 1 aromatic rings. The van der Waals surface area contributed by atoms with Crippen molar-refractivity contribution in [3.63, 3.8) is 0 Å². The van der Waals surface area contributed by atoms with Gasteiger partial charge in [0.1, 0.15) is 0 Å². The van der Waals surface area contributed by atoms with E-state index in [-0.39, 0.29) is 11.8 Å². The van der Waals surface area contributed by atoms with E-state index in [0.29, 0.717) is 25.2 Å². The predicted octanol–water partition coefficient (Wildman–Crippen LogP) is 0.0636. The maximum atomic E-state index is 11.5. The summed E-state index contributed by atoms with van der Waals surface area (Å²) in [6.07, 6.45) is 0.297. The topological polar surface area (TPSA) is 84.2 Å². The molecule has 0 aromatic heterocycles. The Kier molecular flexibility index (Phi) is 5.00.